The van der Waals surface area contributed by atoms with Crippen LogP contribution in [-0.2, 0) is 0 Å². The van der Waals surface area contributed by atoms with E-state index < -0.39 is 11.6 Å². The van der Waals surface area contributed by atoms with Crippen LogP contribution in [0.2, 0.25) is 0 Å². The number of H-pyrrole nitrogens is 1. The lowest BCUT2D eigenvalue weighted by atomic mass is 10.2. The normalized spacial score (nSPS) is 10.4. The van der Waals surface area contributed by atoms with Crippen molar-refractivity contribution in [2.24, 2.45) is 0 Å². The molecule has 20 heavy (non-hydrogen) atoms. The third-order valence-corrected chi connectivity index (χ3v) is 2.61. The smallest absolute Gasteiger partial charge is 0.434 e. The van der Waals surface area contributed by atoms with E-state index in [0.717, 1.165) is 0 Å². The van der Waals surface area contributed by atoms with Crippen LogP contribution in [0.3, 0.4) is 0 Å². The first-order valence-electron chi connectivity index (χ1n) is 5.81. The van der Waals surface area contributed by atoms with E-state index in [2.05, 4.69) is 10.2 Å². The van der Waals surface area contributed by atoms with Crippen molar-refractivity contribution in [3.05, 3.63) is 64.9 Å². The van der Waals surface area contributed by atoms with Crippen molar-refractivity contribution in [3.8, 4) is 23.0 Å². The van der Waals surface area contributed by atoms with Gasteiger partial charge in [-0.25, -0.2) is 14.3 Å². The summed E-state index contributed by atoms with van der Waals surface area (Å²) in [6.07, 6.45) is 0. The number of aromatic nitrogens is 2. The number of nitrogens with zero attached hydrogens (tertiary/aromatic N) is 1. The van der Waals surface area contributed by atoms with Gasteiger partial charge in [-0.05, 0) is 24.3 Å². The molecule has 0 amide bonds. The summed E-state index contributed by atoms with van der Waals surface area (Å²) in [5.74, 6) is -0.640. The Labute approximate surface area is 112 Å². The van der Waals surface area contributed by atoms with Crippen molar-refractivity contribution >= 4 is 0 Å². The van der Waals surface area contributed by atoms with Gasteiger partial charge in [0.25, 0.3) is 5.89 Å². The highest BCUT2D eigenvalue weighted by molar-refractivity contribution is 5.62. The Bertz CT molecular complexity index is 795. The second-order valence-electron chi connectivity index (χ2n) is 3.95. The lowest BCUT2D eigenvalue weighted by Gasteiger charge is -2.09. The Morgan fingerprint density at radius 3 is 2.45 bits per heavy atom. The summed E-state index contributed by atoms with van der Waals surface area (Å²) in [5, 5.41) is 5.90. The second-order valence-corrected chi connectivity index (χ2v) is 3.95. The first kappa shape index (κ1) is 12.2. The lowest BCUT2D eigenvalue weighted by Crippen LogP contribution is -1.93. The Hall–Kier alpha value is -2.89. The molecule has 0 aliphatic carbocycles. The number of para-hydroxylation sites is 2. The molecule has 100 valence electrons. The molecule has 2 aromatic carbocycles. The summed E-state index contributed by atoms with van der Waals surface area (Å²) in [6.45, 7) is 0. The van der Waals surface area contributed by atoms with Crippen molar-refractivity contribution in [1.82, 2.24) is 10.2 Å². The van der Waals surface area contributed by atoms with Gasteiger partial charge in [-0.15, -0.1) is 5.10 Å². The van der Waals surface area contributed by atoms with E-state index in [1.165, 1.54) is 12.1 Å². The number of aromatic amines is 1. The van der Waals surface area contributed by atoms with Crippen molar-refractivity contribution < 1.29 is 13.5 Å². The van der Waals surface area contributed by atoms with Gasteiger partial charge < -0.3 is 9.15 Å². The van der Waals surface area contributed by atoms with Gasteiger partial charge in [-0.3, -0.25) is 0 Å². The molecule has 3 aromatic rings. The minimum Gasteiger partial charge on any atom is -0.453 e. The molecule has 0 unspecified atom stereocenters. The van der Waals surface area contributed by atoms with Crippen LogP contribution in [0, 0.1) is 5.82 Å². The summed E-state index contributed by atoms with van der Waals surface area (Å²) in [6, 6.07) is 12.8. The van der Waals surface area contributed by atoms with Crippen LogP contribution in [0.4, 0.5) is 4.39 Å². The van der Waals surface area contributed by atoms with Crippen LogP contribution in [0.25, 0.3) is 11.5 Å². The van der Waals surface area contributed by atoms with Gasteiger partial charge in [0, 0.05) is 0 Å². The predicted octanol–water partition coefficient (Wildman–Crippen LogP) is 2.96. The van der Waals surface area contributed by atoms with Crippen molar-refractivity contribution in [1.29, 1.82) is 0 Å². The quantitative estimate of drug-likeness (QED) is 0.795. The first-order valence-corrected chi connectivity index (χ1v) is 5.81. The van der Waals surface area contributed by atoms with Crippen LogP contribution in [0.5, 0.6) is 11.5 Å². The number of rotatable bonds is 3. The highest BCUT2D eigenvalue weighted by atomic mass is 19.1. The minimum absolute atomic E-state index is 0.0813. The summed E-state index contributed by atoms with van der Waals surface area (Å²) in [4.78, 5) is 11.0. The van der Waals surface area contributed by atoms with Crippen LogP contribution in [0.1, 0.15) is 0 Å². The Morgan fingerprint density at radius 1 is 1.05 bits per heavy atom. The molecule has 0 saturated heterocycles. The fourth-order valence-corrected chi connectivity index (χ4v) is 1.72. The van der Waals surface area contributed by atoms with Crippen LogP contribution >= 0.6 is 0 Å². The van der Waals surface area contributed by atoms with Crippen LogP contribution in [-0.4, -0.2) is 10.2 Å². The van der Waals surface area contributed by atoms with Gasteiger partial charge in [-0.1, -0.05) is 24.3 Å². The highest BCUT2D eigenvalue weighted by Gasteiger charge is 2.13. The zero-order chi connectivity index (χ0) is 13.9. The number of halogens is 1. The monoisotopic (exact) mass is 272 g/mol. The minimum atomic E-state index is -0.666. The van der Waals surface area contributed by atoms with Gasteiger partial charge in [0.1, 0.15) is 5.75 Å². The number of benzene rings is 2. The average molecular weight is 272 g/mol. The molecule has 1 heterocycles. The highest BCUT2D eigenvalue weighted by Crippen LogP contribution is 2.32. The number of hydrogen-bond donors (Lipinski definition) is 1. The lowest BCUT2D eigenvalue weighted by molar-refractivity contribution is 0.440. The molecule has 0 saturated carbocycles. The number of ether oxygens (including phenoxy) is 1. The Morgan fingerprint density at radius 2 is 1.75 bits per heavy atom. The number of hydrogen-bond acceptors (Lipinski definition) is 4. The molecule has 0 atom stereocenters. The molecule has 0 aliphatic rings. The van der Waals surface area contributed by atoms with Crippen LogP contribution in [0.15, 0.2) is 57.7 Å². The molecule has 3 rings (SSSR count). The molecule has 0 bridgehead atoms. The molecule has 0 fully saturated rings. The Balaban J connectivity index is 2.03. The molecule has 0 radical (unpaired) electrons. The van der Waals surface area contributed by atoms with Crippen molar-refractivity contribution in [3.63, 3.8) is 0 Å². The maximum absolute atomic E-state index is 13.6. The van der Waals surface area contributed by atoms with Gasteiger partial charge in [0.15, 0.2) is 11.6 Å². The zero-order valence-corrected chi connectivity index (χ0v) is 10.2. The van der Waals surface area contributed by atoms with Gasteiger partial charge in [0.2, 0.25) is 0 Å². The zero-order valence-electron chi connectivity index (χ0n) is 10.2. The predicted molar refractivity (Wildman–Crippen MR) is 69.0 cm³/mol. The first-order chi connectivity index (χ1) is 9.74. The summed E-state index contributed by atoms with van der Waals surface area (Å²) >= 11 is 0. The van der Waals surface area contributed by atoms with E-state index >= 15 is 0 Å². The molecule has 0 spiro atoms. The Kier molecular flexibility index (Phi) is 3.04. The summed E-state index contributed by atoms with van der Waals surface area (Å²) in [5.41, 5.74) is 0.453. The van der Waals surface area contributed by atoms with Gasteiger partial charge in [0.05, 0.1) is 5.56 Å². The van der Waals surface area contributed by atoms with Crippen molar-refractivity contribution in [2.75, 3.05) is 0 Å². The number of nitrogens with one attached hydrogen (secondary N) is 1. The van der Waals surface area contributed by atoms with E-state index in [9.17, 15) is 9.18 Å². The molecule has 1 N–H and O–H groups in total. The molecule has 1 aromatic heterocycles. The third-order valence-electron chi connectivity index (χ3n) is 2.61. The van der Waals surface area contributed by atoms with Crippen LogP contribution < -0.4 is 10.5 Å². The maximum Gasteiger partial charge on any atom is 0.434 e. The maximum atomic E-state index is 13.6. The SMILES string of the molecule is O=c1[nH]nc(-c2ccccc2Oc2ccccc2F)o1. The fraction of sp³-hybridized carbons (Fsp3) is 0. The summed E-state index contributed by atoms with van der Waals surface area (Å²) in [7, 11) is 0. The molecule has 0 aliphatic heterocycles. The standard InChI is InChI=1S/C14H9FN2O3/c15-10-6-2-4-8-12(10)19-11-7-3-1-5-9(11)13-16-17-14(18)20-13/h1-8H,(H,17,18). The fourth-order valence-electron chi connectivity index (χ4n) is 1.72. The topological polar surface area (TPSA) is 68.1 Å². The van der Waals surface area contributed by atoms with E-state index in [0.29, 0.717) is 11.3 Å². The summed E-state index contributed by atoms with van der Waals surface area (Å²) < 4.78 is 24.0. The second kappa shape index (κ2) is 5.00. The van der Waals surface area contributed by atoms with E-state index in [4.69, 9.17) is 9.15 Å². The molecule has 6 heteroatoms. The molecular weight excluding hydrogens is 263 g/mol. The molecular formula is C14H9FN2O3. The molecule has 5 nitrogen and oxygen atoms in total. The van der Waals surface area contributed by atoms with E-state index in [1.807, 2.05) is 0 Å². The third kappa shape index (κ3) is 2.31. The van der Waals surface area contributed by atoms with Gasteiger partial charge in [-0.2, -0.15) is 0 Å². The largest absolute Gasteiger partial charge is 0.453 e. The van der Waals surface area contributed by atoms with Gasteiger partial charge >= 0.3 is 5.76 Å². The van der Waals surface area contributed by atoms with E-state index in [1.54, 1.807) is 36.4 Å². The van der Waals surface area contributed by atoms with Crippen molar-refractivity contribution in [2.45, 2.75) is 0 Å². The average Bonchev–Trinajstić information content (AvgIpc) is 2.88. The van der Waals surface area contributed by atoms with E-state index in [-0.39, 0.29) is 11.6 Å².